The molecule has 0 amide bonds. The molecule has 1 fully saturated rings. The monoisotopic (exact) mass is 244 g/mol. The summed E-state index contributed by atoms with van der Waals surface area (Å²) in [4.78, 5) is 0. The van der Waals surface area contributed by atoms with E-state index >= 15 is 0 Å². The molecular weight excluding hydrogens is 234 g/mol. The van der Waals surface area contributed by atoms with Crippen molar-refractivity contribution in [3.05, 3.63) is 0 Å². The first-order chi connectivity index (χ1) is 4.31. The molecule has 0 saturated heterocycles. The van der Waals surface area contributed by atoms with Crippen LogP contribution in [0.15, 0.2) is 0 Å². The van der Waals surface area contributed by atoms with Crippen LogP contribution in [0.1, 0.15) is 32.6 Å². The Bertz CT molecular complexity index is 53.0. The SMILES string of the molecule is CC1CCCC1.[Cl][Zr][Cl]. The molecule has 0 unspecified atom stereocenters. The number of rotatable bonds is 0. The van der Waals surface area contributed by atoms with Crippen molar-refractivity contribution in [3.63, 3.8) is 0 Å². The molecule has 0 radical (unpaired) electrons. The second kappa shape index (κ2) is 7.57. The fourth-order valence-electron chi connectivity index (χ4n) is 1.13. The summed E-state index contributed by atoms with van der Waals surface area (Å²) in [7, 11) is 9.87. The van der Waals surface area contributed by atoms with Gasteiger partial charge in [-0.15, -0.1) is 0 Å². The quantitative estimate of drug-likeness (QED) is 0.613. The van der Waals surface area contributed by atoms with E-state index in [9.17, 15) is 0 Å². The Morgan fingerprint density at radius 1 is 1.22 bits per heavy atom. The van der Waals surface area contributed by atoms with Crippen LogP contribution in [0.5, 0.6) is 0 Å². The molecule has 0 aromatic carbocycles. The molecular formula is C6H12Cl2Zr. The molecule has 0 atom stereocenters. The van der Waals surface area contributed by atoms with Crippen molar-refractivity contribution in [1.82, 2.24) is 0 Å². The predicted octanol–water partition coefficient (Wildman–Crippen LogP) is 3.57. The Morgan fingerprint density at radius 3 is 1.67 bits per heavy atom. The maximum absolute atomic E-state index is 4.93. The van der Waals surface area contributed by atoms with Crippen LogP contribution in [0.4, 0.5) is 0 Å². The second-order valence-corrected chi connectivity index (χ2v) is 6.19. The van der Waals surface area contributed by atoms with Crippen LogP contribution in [0.25, 0.3) is 0 Å². The number of hydrogen-bond donors (Lipinski definition) is 0. The summed E-state index contributed by atoms with van der Waals surface area (Å²) >= 11 is -0.826. The molecule has 1 saturated carbocycles. The third-order valence-corrected chi connectivity index (χ3v) is 1.64. The van der Waals surface area contributed by atoms with Crippen molar-refractivity contribution >= 4 is 17.0 Å². The van der Waals surface area contributed by atoms with Gasteiger partial charge in [0.05, 0.1) is 0 Å². The van der Waals surface area contributed by atoms with Crippen molar-refractivity contribution in [2.45, 2.75) is 32.6 Å². The molecule has 0 aromatic rings. The minimum atomic E-state index is -0.826. The van der Waals surface area contributed by atoms with Gasteiger partial charge < -0.3 is 0 Å². The van der Waals surface area contributed by atoms with Gasteiger partial charge in [0.2, 0.25) is 0 Å². The zero-order valence-corrected chi connectivity index (χ0v) is 9.63. The van der Waals surface area contributed by atoms with E-state index in [1.165, 1.54) is 25.7 Å². The number of halogens is 2. The molecule has 0 nitrogen and oxygen atoms in total. The number of hydrogen-bond acceptors (Lipinski definition) is 0. The van der Waals surface area contributed by atoms with Gasteiger partial charge in [-0.05, 0) is 5.92 Å². The Hall–Kier alpha value is 1.46. The Balaban J connectivity index is 0.000000187. The molecule has 3 heteroatoms. The zero-order chi connectivity index (χ0) is 7.11. The average molecular weight is 246 g/mol. The van der Waals surface area contributed by atoms with Crippen molar-refractivity contribution in [1.29, 1.82) is 0 Å². The van der Waals surface area contributed by atoms with Gasteiger partial charge in [0, 0.05) is 0 Å². The van der Waals surface area contributed by atoms with Gasteiger partial charge in [0.1, 0.15) is 0 Å². The van der Waals surface area contributed by atoms with E-state index in [0.717, 1.165) is 5.92 Å². The molecule has 1 aliphatic carbocycles. The topological polar surface area (TPSA) is 0 Å². The standard InChI is InChI=1S/C6H12.2ClH.Zr/c1-6-4-2-3-5-6;;;/h6H,2-5H2,1H3;2*1H;/q;;;+2/p-2. The van der Waals surface area contributed by atoms with Gasteiger partial charge >= 0.3 is 37.9 Å². The molecule has 0 N–H and O–H groups in total. The zero-order valence-electron chi connectivity index (χ0n) is 5.66. The Kier molecular flexibility index (Phi) is 8.80. The van der Waals surface area contributed by atoms with Gasteiger partial charge in [-0.1, -0.05) is 32.6 Å². The molecule has 1 rings (SSSR count). The van der Waals surface area contributed by atoms with Crippen LogP contribution in [-0.4, -0.2) is 0 Å². The summed E-state index contributed by atoms with van der Waals surface area (Å²) in [6.07, 6.45) is 5.95. The first-order valence-electron chi connectivity index (χ1n) is 3.27. The van der Waals surface area contributed by atoms with E-state index < -0.39 is 20.8 Å². The normalized spacial score (nSPS) is 18.6. The Labute approximate surface area is 76.0 Å². The van der Waals surface area contributed by atoms with Crippen molar-refractivity contribution in [2.24, 2.45) is 5.92 Å². The molecule has 0 aromatic heterocycles. The summed E-state index contributed by atoms with van der Waals surface area (Å²) in [6.45, 7) is 2.34. The van der Waals surface area contributed by atoms with Crippen LogP contribution in [-0.2, 0) is 20.8 Å². The Morgan fingerprint density at radius 2 is 1.56 bits per heavy atom. The van der Waals surface area contributed by atoms with E-state index in [-0.39, 0.29) is 0 Å². The summed E-state index contributed by atoms with van der Waals surface area (Å²) < 4.78 is 0. The minimum absolute atomic E-state index is 0.826. The third kappa shape index (κ3) is 7.36. The summed E-state index contributed by atoms with van der Waals surface area (Å²) in [5.41, 5.74) is 0. The van der Waals surface area contributed by atoms with Crippen LogP contribution >= 0.6 is 17.0 Å². The summed E-state index contributed by atoms with van der Waals surface area (Å²) in [5, 5.41) is 0. The van der Waals surface area contributed by atoms with Crippen molar-refractivity contribution in [3.8, 4) is 0 Å². The van der Waals surface area contributed by atoms with Gasteiger partial charge in [-0.2, -0.15) is 0 Å². The van der Waals surface area contributed by atoms with Gasteiger partial charge in [-0.3, -0.25) is 0 Å². The van der Waals surface area contributed by atoms with Crippen LogP contribution in [0.2, 0.25) is 0 Å². The van der Waals surface area contributed by atoms with E-state index in [1.54, 1.807) is 0 Å². The summed E-state index contributed by atoms with van der Waals surface area (Å²) in [5.74, 6) is 1.05. The molecule has 0 spiro atoms. The van der Waals surface area contributed by atoms with E-state index in [4.69, 9.17) is 17.0 Å². The fourth-order valence-corrected chi connectivity index (χ4v) is 1.13. The van der Waals surface area contributed by atoms with Crippen LogP contribution < -0.4 is 0 Å². The summed E-state index contributed by atoms with van der Waals surface area (Å²) in [6, 6.07) is 0. The van der Waals surface area contributed by atoms with Gasteiger partial charge in [0.15, 0.2) is 0 Å². The molecule has 0 heterocycles. The van der Waals surface area contributed by atoms with E-state index in [1.807, 2.05) is 0 Å². The van der Waals surface area contributed by atoms with Gasteiger partial charge in [-0.25, -0.2) is 0 Å². The van der Waals surface area contributed by atoms with Crippen molar-refractivity contribution < 1.29 is 20.8 Å². The average Bonchev–Trinajstić information content (AvgIpc) is 2.20. The van der Waals surface area contributed by atoms with Crippen LogP contribution in [0.3, 0.4) is 0 Å². The van der Waals surface area contributed by atoms with E-state index in [0.29, 0.717) is 0 Å². The molecule has 54 valence electrons. The molecule has 0 aliphatic heterocycles. The first kappa shape index (κ1) is 10.5. The molecule has 0 bridgehead atoms. The van der Waals surface area contributed by atoms with Gasteiger partial charge in [0.25, 0.3) is 0 Å². The maximum atomic E-state index is 4.93. The van der Waals surface area contributed by atoms with Crippen molar-refractivity contribution in [2.75, 3.05) is 0 Å². The van der Waals surface area contributed by atoms with E-state index in [2.05, 4.69) is 6.92 Å². The molecule has 1 aliphatic rings. The van der Waals surface area contributed by atoms with Crippen LogP contribution in [0, 0.1) is 5.92 Å². The molecule has 9 heavy (non-hydrogen) atoms. The third-order valence-electron chi connectivity index (χ3n) is 1.64. The first-order valence-corrected chi connectivity index (χ1v) is 9.60. The second-order valence-electron chi connectivity index (χ2n) is 2.46. The predicted molar refractivity (Wildman–Crippen MR) is 39.3 cm³/mol. The fraction of sp³-hybridized carbons (Fsp3) is 1.00.